The first-order valence-corrected chi connectivity index (χ1v) is 17.4. The number of methoxy groups -OCH3 is 1. The Hall–Kier alpha value is -4.30. The average Bonchev–Trinajstić information content (AvgIpc) is 3.08. The van der Waals surface area contributed by atoms with Crippen molar-refractivity contribution in [2.75, 3.05) is 27.4 Å². The number of hydrogen-bond donors (Lipinski definition) is 1. The Kier molecular flexibility index (Phi) is 14.1. The van der Waals surface area contributed by atoms with Gasteiger partial charge in [0.05, 0.1) is 7.11 Å². The van der Waals surface area contributed by atoms with Gasteiger partial charge in [-0.2, -0.15) is 0 Å². The summed E-state index contributed by atoms with van der Waals surface area (Å²) in [6.45, 7) is 16.9. The zero-order valence-electron chi connectivity index (χ0n) is 31.7. The number of carbonyl (C=O) groups excluding carboxylic acids is 2. The molecule has 272 valence electrons. The van der Waals surface area contributed by atoms with Gasteiger partial charge in [-0.05, 0) is 113 Å². The number of nitrogens with one attached hydrogen (secondary N) is 1. The molecule has 0 amide bonds. The van der Waals surface area contributed by atoms with Crippen LogP contribution in [0.4, 0.5) is 0 Å². The molecule has 3 rings (SSSR count). The molecule has 50 heavy (non-hydrogen) atoms. The van der Waals surface area contributed by atoms with Crippen molar-refractivity contribution >= 4 is 18.0 Å². The lowest BCUT2D eigenvalue weighted by Crippen LogP contribution is -2.53. The third-order valence-corrected chi connectivity index (χ3v) is 8.80. The summed E-state index contributed by atoms with van der Waals surface area (Å²) >= 11 is 0. The van der Waals surface area contributed by atoms with Crippen LogP contribution in [0, 0.1) is 5.41 Å². The summed E-state index contributed by atoms with van der Waals surface area (Å²) in [6, 6.07) is 23.2. The van der Waals surface area contributed by atoms with E-state index in [0.717, 1.165) is 22.4 Å². The molecule has 1 N–H and O–H groups in total. The Bertz CT molecular complexity index is 1560. The van der Waals surface area contributed by atoms with E-state index in [-0.39, 0.29) is 24.6 Å². The molecule has 0 spiro atoms. The Morgan fingerprint density at radius 1 is 0.780 bits per heavy atom. The van der Waals surface area contributed by atoms with Gasteiger partial charge in [0.1, 0.15) is 47.2 Å². The van der Waals surface area contributed by atoms with Crippen molar-refractivity contribution < 1.29 is 33.3 Å². The summed E-state index contributed by atoms with van der Waals surface area (Å²) < 4.78 is 28.9. The van der Waals surface area contributed by atoms with Crippen molar-refractivity contribution in [1.82, 2.24) is 5.32 Å². The lowest BCUT2D eigenvalue weighted by molar-refractivity contribution is -0.169. The van der Waals surface area contributed by atoms with Crippen LogP contribution in [0.2, 0.25) is 0 Å². The molecule has 0 saturated carbocycles. The van der Waals surface area contributed by atoms with Crippen LogP contribution >= 0.6 is 0 Å². The first-order valence-electron chi connectivity index (χ1n) is 17.4. The molecule has 8 heteroatoms. The van der Waals surface area contributed by atoms with Crippen molar-refractivity contribution in [3.8, 4) is 28.4 Å². The fourth-order valence-electron chi connectivity index (χ4n) is 5.67. The molecule has 3 aromatic rings. The van der Waals surface area contributed by atoms with E-state index in [1.165, 1.54) is 6.08 Å². The molecule has 0 aliphatic heterocycles. The second-order valence-corrected chi connectivity index (χ2v) is 15.0. The molecule has 0 heterocycles. The third-order valence-electron chi connectivity index (χ3n) is 8.80. The van der Waals surface area contributed by atoms with E-state index in [9.17, 15) is 9.59 Å². The van der Waals surface area contributed by atoms with Crippen molar-refractivity contribution in [1.29, 1.82) is 0 Å². The number of ether oxygens (including phenoxy) is 5. The van der Waals surface area contributed by atoms with E-state index in [2.05, 4.69) is 46.9 Å². The molecule has 0 fully saturated rings. The minimum absolute atomic E-state index is 0.0279. The SMILES string of the molecule is CCC(C)(CCC(C)(C)Oc1ccc(-c2ccc(OCCOC(=O)/C=C\c3ccccc3OC)cc2)cc1)OC(=O)C(C)(CC(C)(C)C)NC. The first-order chi connectivity index (χ1) is 23.5. The van der Waals surface area contributed by atoms with E-state index in [0.29, 0.717) is 37.2 Å². The number of benzene rings is 3. The monoisotopic (exact) mass is 687 g/mol. The maximum atomic E-state index is 13.3. The number of likely N-dealkylation sites (N-methyl/N-ethyl adjacent to an activating group) is 1. The van der Waals surface area contributed by atoms with Gasteiger partial charge in [0.15, 0.2) is 0 Å². The van der Waals surface area contributed by atoms with Gasteiger partial charge in [-0.25, -0.2) is 4.79 Å². The van der Waals surface area contributed by atoms with Gasteiger partial charge >= 0.3 is 11.9 Å². The summed E-state index contributed by atoms with van der Waals surface area (Å²) in [6.07, 6.45) is 5.80. The highest BCUT2D eigenvalue weighted by Crippen LogP contribution is 2.34. The third kappa shape index (κ3) is 12.5. The fourth-order valence-corrected chi connectivity index (χ4v) is 5.67. The van der Waals surface area contributed by atoms with Crippen molar-refractivity contribution in [2.45, 2.75) is 97.8 Å². The highest BCUT2D eigenvalue weighted by Gasteiger charge is 2.41. The van der Waals surface area contributed by atoms with Gasteiger partial charge in [-0.3, -0.25) is 4.79 Å². The highest BCUT2D eigenvalue weighted by atomic mass is 16.6. The van der Waals surface area contributed by atoms with Gasteiger partial charge < -0.3 is 29.0 Å². The Labute approximate surface area is 299 Å². The first kappa shape index (κ1) is 40.1. The van der Waals surface area contributed by atoms with E-state index in [1.54, 1.807) is 13.2 Å². The lowest BCUT2D eigenvalue weighted by Gasteiger charge is -2.38. The van der Waals surface area contributed by atoms with Crippen LogP contribution in [-0.4, -0.2) is 56.1 Å². The molecule has 0 radical (unpaired) electrons. The van der Waals surface area contributed by atoms with Crippen molar-refractivity contribution in [3.05, 3.63) is 84.4 Å². The van der Waals surface area contributed by atoms with Crippen LogP contribution in [0.5, 0.6) is 17.2 Å². The van der Waals surface area contributed by atoms with E-state index < -0.39 is 22.7 Å². The van der Waals surface area contributed by atoms with Gasteiger partial charge in [0.25, 0.3) is 0 Å². The Morgan fingerprint density at radius 3 is 1.94 bits per heavy atom. The Morgan fingerprint density at radius 2 is 1.38 bits per heavy atom. The number of esters is 2. The second kappa shape index (κ2) is 17.6. The second-order valence-electron chi connectivity index (χ2n) is 15.0. The minimum atomic E-state index is -0.761. The average molecular weight is 688 g/mol. The molecule has 0 saturated heterocycles. The largest absolute Gasteiger partial charge is 0.496 e. The standard InChI is InChI=1S/C42H57NO7/c1-11-41(7,50-38(45)42(8,43-9)30-39(2,3)4)27-26-40(5,6)49-35-23-18-32(19-24-35)31-16-21-34(22-17-31)47-28-29-48-37(44)25-20-33-14-12-13-15-36(33)46-10/h12-25,43H,11,26-30H2,1-10H3/b25-20-. The maximum absolute atomic E-state index is 13.3. The number of para-hydroxylation sites is 1. The molecular weight excluding hydrogens is 630 g/mol. The van der Waals surface area contributed by atoms with Crippen LogP contribution < -0.4 is 19.5 Å². The van der Waals surface area contributed by atoms with Crippen LogP contribution in [0.25, 0.3) is 17.2 Å². The maximum Gasteiger partial charge on any atom is 0.330 e. The molecule has 2 unspecified atom stereocenters. The topological polar surface area (TPSA) is 92.3 Å². The molecule has 2 atom stereocenters. The molecule has 3 aromatic carbocycles. The van der Waals surface area contributed by atoms with Gasteiger partial charge in [0.2, 0.25) is 0 Å². The van der Waals surface area contributed by atoms with Crippen molar-refractivity contribution in [3.63, 3.8) is 0 Å². The normalized spacial score (nSPS) is 14.4. The molecular formula is C42H57NO7. The zero-order chi connectivity index (χ0) is 37.0. The van der Waals surface area contributed by atoms with Crippen LogP contribution in [-0.2, 0) is 19.1 Å². The summed E-state index contributed by atoms with van der Waals surface area (Å²) in [4.78, 5) is 25.4. The summed E-state index contributed by atoms with van der Waals surface area (Å²) in [5.41, 5.74) is 1.02. The zero-order valence-corrected chi connectivity index (χ0v) is 31.7. The molecule has 0 bridgehead atoms. The van der Waals surface area contributed by atoms with Crippen LogP contribution in [0.3, 0.4) is 0 Å². The fraction of sp³-hybridized carbons (Fsp3) is 0.476. The lowest BCUT2D eigenvalue weighted by atomic mass is 9.80. The predicted molar refractivity (Wildman–Crippen MR) is 201 cm³/mol. The summed E-state index contributed by atoms with van der Waals surface area (Å²) in [5.74, 6) is 1.47. The highest BCUT2D eigenvalue weighted by molar-refractivity contribution is 5.87. The number of carbonyl (C=O) groups is 2. The summed E-state index contributed by atoms with van der Waals surface area (Å²) in [5, 5.41) is 3.20. The van der Waals surface area contributed by atoms with Crippen molar-refractivity contribution in [2.24, 2.45) is 5.41 Å². The van der Waals surface area contributed by atoms with Gasteiger partial charge in [-0.1, -0.05) is 70.2 Å². The van der Waals surface area contributed by atoms with Gasteiger partial charge in [0, 0.05) is 11.6 Å². The quantitative estimate of drug-likeness (QED) is 0.0805. The Balaban J connectivity index is 1.48. The molecule has 0 aliphatic rings. The van der Waals surface area contributed by atoms with E-state index in [1.807, 2.05) is 93.7 Å². The predicted octanol–water partition coefficient (Wildman–Crippen LogP) is 9.06. The van der Waals surface area contributed by atoms with Crippen LogP contribution in [0.1, 0.15) is 86.6 Å². The van der Waals surface area contributed by atoms with E-state index in [4.69, 9.17) is 23.7 Å². The molecule has 8 nitrogen and oxygen atoms in total. The number of hydrogen-bond acceptors (Lipinski definition) is 8. The summed E-state index contributed by atoms with van der Waals surface area (Å²) in [7, 11) is 3.40. The molecule has 0 aliphatic carbocycles. The smallest absolute Gasteiger partial charge is 0.330 e. The minimum Gasteiger partial charge on any atom is -0.496 e. The number of rotatable bonds is 18. The van der Waals surface area contributed by atoms with Gasteiger partial charge in [-0.15, -0.1) is 0 Å². The van der Waals surface area contributed by atoms with E-state index >= 15 is 0 Å². The molecule has 0 aromatic heterocycles. The van der Waals surface area contributed by atoms with Crippen LogP contribution in [0.15, 0.2) is 78.9 Å².